The Morgan fingerprint density at radius 1 is 1.24 bits per heavy atom. The van der Waals surface area contributed by atoms with Crippen LogP contribution in [0.4, 0.5) is 0 Å². The van der Waals surface area contributed by atoms with E-state index in [1.165, 1.54) is 10.9 Å². The van der Waals surface area contributed by atoms with Gasteiger partial charge < -0.3 is 14.4 Å². The van der Waals surface area contributed by atoms with Crippen molar-refractivity contribution in [2.75, 3.05) is 26.7 Å². The zero-order valence-corrected chi connectivity index (χ0v) is 16.0. The quantitative estimate of drug-likeness (QED) is 0.835. The molecule has 4 heteroatoms. The molecule has 0 unspecified atom stereocenters. The zero-order chi connectivity index (χ0) is 18.0. The van der Waals surface area contributed by atoms with Gasteiger partial charge in [-0.3, -0.25) is 4.79 Å². The number of benzene rings is 1. The molecule has 136 valence electrons. The molecule has 0 bridgehead atoms. The number of nitrogens with zero attached hydrogens (tertiary/aromatic N) is 3. The molecular weight excluding hydrogens is 310 g/mol. The third-order valence-corrected chi connectivity index (χ3v) is 5.72. The van der Waals surface area contributed by atoms with Gasteiger partial charge in [0.1, 0.15) is 0 Å². The molecule has 0 N–H and O–H groups in total. The Morgan fingerprint density at radius 2 is 1.92 bits per heavy atom. The van der Waals surface area contributed by atoms with Crippen molar-refractivity contribution in [1.29, 1.82) is 0 Å². The molecule has 0 radical (unpaired) electrons. The number of aryl methyl sites for hydroxylation is 1. The molecule has 0 aliphatic carbocycles. The fourth-order valence-corrected chi connectivity index (χ4v) is 3.82. The second-order valence-corrected chi connectivity index (χ2v) is 7.82. The third kappa shape index (κ3) is 4.06. The van der Waals surface area contributed by atoms with Crippen LogP contribution in [0.15, 0.2) is 30.5 Å². The maximum atomic E-state index is 12.8. The molecule has 2 aromatic rings. The molecule has 1 aliphatic rings. The van der Waals surface area contributed by atoms with Gasteiger partial charge in [-0.25, -0.2) is 0 Å². The van der Waals surface area contributed by atoms with Gasteiger partial charge in [-0.05, 0) is 51.3 Å². The summed E-state index contributed by atoms with van der Waals surface area (Å²) >= 11 is 0. The summed E-state index contributed by atoms with van der Waals surface area (Å²) in [7, 11) is 4.25. The first kappa shape index (κ1) is 18.0. The molecule has 1 aromatic heterocycles. The average molecular weight is 341 g/mol. The summed E-state index contributed by atoms with van der Waals surface area (Å²) in [5.74, 6) is 0.987. The van der Waals surface area contributed by atoms with Crippen LogP contribution in [0.5, 0.6) is 0 Å². The molecule has 0 saturated carbocycles. The highest BCUT2D eigenvalue weighted by Gasteiger charge is 2.24. The minimum atomic E-state index is 0.270. The van der Waals surface area contributed by atoms with Gasteiger partial charge in [0.05, 0.1) is 6.42 Å². The minimum absolute atomic E-state index is 0.270. The van der Waals surface area contributed by atoms with E-state index in [0.29, 0.717) is 18.4 Å². The zero-order valence-electron chi connectivity index (χ0n) is 16.0. The number of para-hydroxylation sites is 1. The van der Waals surface area contributed by atoms with Crippen molar-refractivity contribution in [3.8, 4) is 0 Å². The highest BCUT2D eigenvalue weighted by atomic mass is 16.2. The van der Waals surface area contributed by atoms with E-state index in [9.17, 15) is 4.79 Å². The van der Waals surface area contributed by atoms with Gasteiger partial charge in [0.2, 0.25) is 5.91 Å². The molecule has 25 heavy (non-hydrogen) atoms. The molecule has 0 spiro atoms. The summed E-state index contributed by atoms with van der Waals surface area (Å²) in [6.07, 6.45) is 4.86. The Balaban J connectivity index is 1.58. The van der Waals surface area contributed by atoms with Crippen LogP contribution in [0.1, 0.15) is 32.3 Å². The minimum Gasteiger partial charge on any atom is -0.350 e. The highest BCUT2D eigenvalue weighted by Crippen LogP contribution is 2.23. The van der Waals surface area contributed by atoms with E-state index in [4.69, 9.17) is 0 Å². The number of amides is 1. The second-order valence-electron chi connectivity index (χ2n) is 7.82. The van der Waals surface area contributed by atoms with Crippen LogP contribution in [0, 0.1) is 5.92 Å². The fourth-order valence-electron chi connectivity index (χ4n) is 3.82. The lowest BCUT2D eigenvalue weighted by Crippen LogP contribution is -2.42. The van der Waals surface area contributed by atoms with Gasteiger partial charge in [-0.2, -0.15) is 0 Å². The summed E-state index contributed by atoms with van der Waals surface area (Å²) in [6, 6.07) is 8.91. The van der Waals surface area contributed by atoms with E-state index in [0.717, 1.165) is 38.0 Å². The van der Waals surface area contributed by atoms with Crippen molar-refractivity contribution in [3.05, 3.63) is 36.0 Å². The number of aromatic nitrogens is 1. The maximum absolute atomic E-state index is 12.8. The van der Waals surface area contributed by atoms with E-state index in [1.807, 2.05) is 19.2 Å². The molecule has 1 fully saturated rings. The first-order valence-electron chi connectivity index (χ1n) is 9.46. The summed E-state index contributed by atoms with van der Waals surface area (Å²) in [6.45, 7) is 7.43. The Hall–Kier alpha value is -1.81. The van der Waals surface area contributed by atoms with Crippen LogP contribution in [-0.2, 0) is 18.3 Å². The number of piperidine rings is 1. The summed E-state index contributed by atoms with van der Waals surface area (Å²) in [5.41, 5.74) is 2.34. The van der Waals surface area contributed by atoms with Crippen molar-refractivity contribution >= 4 is 16.8 Å². The van der Waals surface area contributed by atoms with E-state index in [-0.39, 0.29) is 5.91 Å². The first-order valence-corrected chi connectivity index (χ1v) is 9.46. The molecule has 3 rings (SSSR count). The number of rotatable bonds is 5. The van der Waals surface area contributed by atoms with Crippen LogP contribution in [0.3, 0.4) is 0 Å². The SMILES string of the molecule is CC(C)N(C)CC1CCN(C(=O)Cc2cn(C)c3ccccc23)CC1. The van der Waals surface area contributed by atoms with Crippen molar-refractivity contribution in [2.45, 2.75) is 39.2 Å². The summed E-state index contributed by atoms with van der Waals surface area (Å²) in [4.78, 5) is 17.2. The predicted molar refractivity (Wildman–Crippen MR) is 104 cm³/mol. The van der Waals surface area contributed by atoms with E-state index in [2.05, 4.69) is 53.6 Å². The Morgan fingerprint density at radius 3 is 2.60 bits per heavy atom. The lowest BCUT2D eigenvalue weighted by Gasteiger charge is -2.35. The molecule has 0 atom stereocenters. The molecular formula is C21H31N3O. The van der Waals surface area contributed by atoms with Crippen molar-refractivity contribution in [3.63, 3.8) is 0 Å². The largest absolute Gasteiger partial charge is 0.350 e. The van der Waals surface area contributed by atoms with Crippen LogP contribution < -0.4 is 0 Å². The van der Waals surface area contributed by atoms with Crippen LogP contribution in [-0.4, -0.2) is 53.0 Å². The Bertz CT molecular complexity index is 726. The smallest absolute Gasteiger partial charge is 0.227 e. The molecule has 4 nitrogen and oxygen atoms in total. The van der Waals surface area contributed by atoms with Crippen LogP contribution >= 0.6 is 0 Å². The maximum Gasteiger partial charge on any atom is 0.227 e. The van der Waals surface area contributed by atoms with Gasteiger partial charge in [-0.15, -0.1) is 0 Å². The molecule has 1 amide bonds. The number of fused-ring (bicyclic) bond motifs is 1. The van der Waals surface area contributed by atoms with Gasteiger partial charge in [0, 0.05) is 49.8 Å². The first-order chi connectivity index (χ1) is 12.0. The fraction of sp³-hybridized carbons (Fsp3) is 0.571. The van der Waals surface area contributed by atoms with Crippen LogP contribution in [0.25, 0.3) is 10.9 Å². The van der Waals surface area contributed by atoms with Crippen molar-refractivity contribution < 1.29 is 4.79 Å². The molecule has 1 aromatic carbocycles. The van der Waals surface area contributed by atoms with E-state index >= 15 is 0 Å². The van der Waals surface area contributed by atoms with Gasteiger partial charge in [-0.1, -0.05) is 18.2 Å². The molecule has 1 aliphatic heterocycles. The monoisotopic (exact) mass is 341 g/mol. The Labute approximate surface area is 151 Å². The summed E-state index contributed by atoms with van der Waals surface area (Å²) < 4.78 is 2.12. The molecule has 1 saturated heterocycles. The number of likely N-dealkylation sites (tertiary alicyclic amines) is 1. The van der Waals surface area contributed by atoms with E-state index < -0.39 is 0 Å². The number of carbonyl (C=O) groups excluding carboxylic acids is 1. The third-order valence-electron chi connectivity index (χ3n) is 5.72. The second kappa shape index (κ2) is 7.61. The van der Waals surface area contributed by atoms with E-state index in [1.54, 1.807) is 0 Å². The lowest BCUT2D eigenvalue weighted by molar-refractivity contribution is -0.131. The predicted octanol–water partition coefficient (Wildman–Crippen LogP) is 3.30. The van der Waals surface area contributed by atoms with Crippen molar-refractivity contribution in [2.24, 2.45) is 13.0 Å². The number of hydrogen-bond acceptors (Lipinski definition) is 2. The topological polar surface area (TPSA) is 28.5 Å². The van der Waals surface area contributed by atoms with Gasteiger partial charge >= 0.3 is 0 Å². The lowest BCUT2D eigenvalue weighted by atomic mass is 9.95. The number of hydrogen-bond donors (Lipinski definition) is 0. The van der Waals surface area contributed by atoms with Gasteiger partial charge in [0.25, 0.3) is 0 Å². The molecule has 2 heterocycles. The average Bonchev–Trinajstić information content (AvgIpc) is 2.91. The van der Waals surface area contributed by atoms with Crippen LogP contribution in [0.2, 0.25) is 0 Å². The standard InChI is InChI=1S/C21H31N3O/c1-16(2)22(3)14-17-9-11-24(12-10-17)21(25)13-18-15-23(4)20-8-6-5-7-19(18)20/h5-8,15-17H,9-14H2,1-4H3. The Kier molecular flexibility index (Phi) is 5.48. The van der Waals surface area contributed by atoms with Crippen molar-refractivity contribution in [1.82, 2.24) is 14.4 Å². The normalized spacial score (nSPS) is 16.3. The van der Waals surface area contributed by atoms with Gasteiger partial charge in [0.15, 0.2) is 0 Å². The number of carbonyl (C=O) groups is 1. The summed E-state index contributed by atoms with van der Waals surface area (Å²) in [5, 5.41) is 1.20. The highest BCUT2D eigenvalue weighted by molar-refractivity contribution is 5.89.